The molecule has 0 unspecified atom stereocenters. The Morgan fingerprint density at radius 2 is 2.06 bits per heavy atom. The van der Waals surface area contributed by atoms with Crippen molar-refractivity contribution >= 4 is 32.6 Å². The molecule has 1 aromatic carbocycles. The fourth-order valence-corrected chi connectivity index (χ4v) is 2.12. The number of benzene rings is 1. The van der Waals surface area contributed by atoms with E-state index in [1.165, 1.54) is 12.1 Å². The summed E-state index contributed by atoms with van der Waals surface area (Å²) in [5.41, 5.74) is -1.01. The molecule has 0 bridgehead atoms. The molecule has 17 heavy (non-hydrogen) atoms. The minimum Gasteiger partial charge on any atom is -0.423 e. The monoisotopic (exact) mass is 276 g/mol. The minimum absolute atomic E-state index is 0.128. The highest BCUT2D eigenvalue weighted by molar-refractivity contribution is 8.21. The molecule has 0 N–H and O–H groups in total. The van der Waals surface area contributed by atoms with Crippen LogP contribution in [0.5, 0.6) is 0 Å². The van der Waals surface area contributed by atoms with Gasteiger partial charge in [0.15, 0.2) is 0 Å². The number of fused-ring (bicyclic) bond motifs is 1. The van der Waals surface area contributed by atoms with Gasteiger partial charge in [0.05, 0.1) is 0 Å². The first-order valence-electron chi connectivity index (χ1n) is 4.66. The van der Waals surface area contributed by atoms with E-state index in [0.29, 0.717) is 4.90 Å². The van der Waals surface area contributed by atoms with Crippen LogP contribution in [0.2, 0.25) is 0 Å². The maximum Gasteiger partial charge on any atom is 0.336 e. The third-order valence-corrected chi connectivity index (χ3v) is 3.24. The van der Waals surface area contributed by atoms with E-state index in [4.69, 9.17) is 15.1 Å². The van der Waals surface area contributed by atoms with E-state index in [-0.39, 0.29) is 16.5 Å². The van der Waals surface area contributed by atoms with E-state index >= 15 is 0 Å². The summed E-state index contributed by atoms with van der Waals surface area (Å²) < 4.78 is 31.6. The molecule has 2 aromatic rings. The van der Waals surface area contributed by atoms with Crippen LogP contribution >= 0.6 is 21.7 Å². The van der Waals surface area contributed by atoms with Crippen molar-refractivity contribution in [1.82, 2.24) is 0 Å². The fourth-order valence-electron chi connectivity index (χ4n) is 1.55. The maximum atomic E-state index is 13.4. The summed E-state index contributed by atoms with van der Waals surface area (Å²) in [5, 5.41) is 0.197. The van der Waals surface area contributed by atoms with E-state index in [9.17, 15) is 13.6 Å². The molecule has 2 rings (SSSR count). The third-order valence-electron chi connectivity index (χ3n) is 2.28. The standard InChI is InChI=1S/C11H7ClF2O2S/c1-11(13,14)8-5-10(15)16-9-3-2-6(17-12)4-7(8)9/h2-5H,1H3. The van der Waals surface area contributed by atoms with Crippen LogP contribution in [0.1, 0.15) is 12.5 Å². The quantitative estimate of drug-likeness (QED) is 0.772. The maximum absolute atomic E-state index is 13.4. The van der Waals surface area contributed by atoms with E-state index in [1.807, 2.05) is 0 Å². The van der Waals surface area contributed by atoms with Crippen LogP contribution in [0, 0.1) is 0 Å². The number of rotatable bonds is 2. The molecule has 0 aliphatic rings. The molecule has 0 fully saturated rings. The van der Waals surface area contributed by atoms with Crippen molar-refractivity contribution in [3.05, 3.63) is 40.2 Å². The lowest BCUT2D eigenvalue weighted by Crippen LogP contribution is -2.12. The summed E-state index contributed by atoms with van der Waals surface area (Å²) >= 11 is 0. The first kappa shape index (κ1) is 12.4. The summed E-state index contributed by atoms with van der Waals surface area (Å²) in [6.45, 7) is 0.738. The van der Waals surface area contributed by atoms with Gasteiger partial charge in [-0.15, -0.1) is 0 Å². The fraction of sp³-hybridized carbons (Fsp3) is 0.182. The zero-order valence-corrected chi connectivity index (χ0v) is 10.2. The van der Waals surface area contributed by atoms with Crippen molar-refractivity contribution in [3.8, 4) is 0 Å². The number of hydrogen-bond acceptors (Lipinski definition) is 3. The smallest absolute Gasteiger partial charge is 0.336 e. The molecule has 0 aliphatic heterocycles. The van der Waals surface area contributed by atoms with Crippen LogP contribution < -0.4 is 5.63 Å². The van der Waals surface area contributed by atoms with Crippen molar-refractivity contribution in [2.75, 3.05) is 0 Å². The summed E-state index contributed by atoms with van der Waals surface area (Å²) in [6, 6.07) is 5.34. The van der Waals surface area contributed by atoms with Crippen LogP contribution in [-0.4, -0.2) is 0 Å². The van der Waals surface area contributed by atoms with Crippen LogP contribution in [0.3, 0.4) is 0 Å². The predicted molar refractivity (Wildman–Crippen MR) is 63.8 cm³/mol. The molecule has 0 amide bonds. The lowest BCUT2D eigenvalue weighted by atomic mass is 10.1. The first-order valence-corrected chi connectivity index (χ1v) is 6.31. The van der Waals surface area contributed by atoms with Crippen molar-refractivity contribution in [2.24, 2.45) is 0 Å². The van der Waals surface area contributed by atoms with Crippen LogP contribution in [0.15, 0.2) is 38.4 Å². The Labute approximate surface area is 104 Å². The zero-order valence-electron chi connectivity index (χ0n) is 8.67. The molecule has 6 heteroatoms. The Kier molecular flexibility index (Phi) is 3.14. The molecule has 0 radical (unpaired) electrons. The molecule has 1 heterocycles. The van der Waals surface area contributed by atoms with Crippen molar-refractivity contribution in [3.63, 3.8) is 0 Å². The predicted octanol–water partition coefficient (Wildman–Crippen LogP) is 4.15. The van der Waals surface area contributed by atoms with Gasteiger partial charge in [0.1, 0.15) is 5.58 Å². The third kappa shape index (κ3) is 2.45. The van der Waals surface area contributed by atoms with Gasteiger partial charge in [0, 0.05) is 28.8 Å². The van der Waals surface area contributed by atoms with Crippen molar-refractivity contribution < 1.29 is 13.2 Å². The van der Waals surface area contributed by atoms with Gasteiger partial charge in [-0.05, 0) is 39.9 Å². The molecule has 0 spiro atoms. The van der Waals surface area contributed by atoms with Crippen LogP contribution in [-0.2, 0) is 5.92 Å². The molecular weight excluding hydrogens is 270 g/mol. The van der Waals surface area contributed by atoms with E-state index in [0.717, 1.165) is 24.0 Å². The van der Waals surface area contributed by atoms with Gasteiger partial charge in [-0.2, -0.15) is 0 Å². The summed E-state index contributed by atoms with van der Waals surface area (Å²) in [5.74, 6) is -3.11. The molecule has 2 nitrogen and oxygen atoms in total. The van der Waals surface area contributed by atoms with E-state index in [2.05, 4.69) is 0 Å². The molecule has 1 aromatic heterocycles. The second-order valence-corrected chi connectivity index (χ2v) is 4.69. The van der Waals surface area contributed by atoms with Gasteiger partial charge in [-0.1, -0.05) is 0 Å². The van der Waals surface area contributed by atoms with E-state index < -0.39 is 11.5 Å². The average Bonchev–Trinajstić information content (AvgIpc) is 2.26. The van der Waals surface area contributed by atoms with Gasteiger partial charge < -0.3 is 4.42 Å². The summed E-state index contributed by atoms with van der Waals surface area (Å²) in [7, 11) is 6.48. The van der Waals surface area contributed by atoms with Crippen LogP contribution in [0.25, 0.3) is 11.0 Å². The number of halogens is 3. The number of alkyl halides is 2. The molecule has 90 valence electrons. The van der Waals surface area contributed by atoms with Gasteiger partial charge in [-0.3, -0.25) is 0 Å². The van der Waals surface area contributed by atoms with Crippen molar-refractivity contribution in [1.29, 1.82) is 0 Å². The van der Waals surface area contributed by atoms with Gasteiger partial charge in [0.2, 0.25) is 0 Å². The highest BCUT2D eigenvalue weighted by Gasteiger charge is 2.28. The van der Waals surface area contributed by atoms with Crippen LogP contribution in [0.4, 0.5) is 8.78 Å². The van der Waals surface area contributed by atoms with Gasteiger partial charge in [-0.25, -0.2) is 13.6 Å². The zero-order chi connectivity index (χ0) is 12.6. The first-order chi connectivity index (χ1) is 7.91. The Morgan fingerprint density at radius 1 is 1.35 bits per heavy atom. The van der Waals surface area contributed by atoms with Gasteiger partial charge >= 0.3 is 5.63 Å². The lowest BCUT2D eigenvalue weighted by Gasteiger charge is -2.12. The summed E-state index contributed by atoms with van der Waals surface area (Å²) in [4.78, 5) is 11.8. The molecular formula is C11H7ClF2O2S. The second kappa shape index (κ2) is 4.31. The molecule has 0 aliphatic carbocycles. The van der Waals surface area contributed by atoms with E-state index in [1.54, 1.807) is 6.07 Å². The Hall–Kier alpha value is -1.07. The normalized spacial score (nSPS) is 12.0. The number of hydrogen-bond donors (Lipinski definition) is 0. The Balaban J connectivity index is 2.85. The average molecular weight is 277 g/mol. The van der Waals surface area contributed by atoms with Crippen molar-refractivity contribution in [2.45, 2.75) is 17.7 Å². The highest BCUT2D eigenvalue weighted by Crippen LogP contribution is 2.34. The largest absolute Gasteiger partial charge is 0.423 e. The Bertz CT molecular complexity index is 619. The second-order valence-electron chi connectivity index (χ2n) is 3.60. The molecule has 0 atom stereocenters. The SMILES string of the molecule is CC(F)(F)c1cc(=O)oc2ccc(SCl)cc12. The highest BCUT2D eigenvalue weighted by atomic mass is 35.7. The summed E-state index contributed by atoms with van der Waals surface area (Å²) in [6.07, 6.45) is 0. The van der Waals surface area contributed by atoms with Gasteiger partial charge in [0.25, 0.3) is 5.92 Å². The topological polar surface area (TPSA) is 30.2 Å². The Morgan fingerprint density at radius 3 is 2.65 bits per heavy atom. The molecule has 0 saturated heterocycles. The lowest BCUT2D eigenvalue weighted by molar-refractivity contribution is 0.0186. The minimum atomic E-state index is -3.11. The molecule has 0 saturated carbocycles.